The summed E-state index contributed by atoms with van der Waals surface area (Å²) < 4.78 is 12.6. The molecule has 9 nitrogen and oxygen atoms in total. The Morgan fingerprint density at radius 1 is 0.784 bits per heavy atom. The van der Waals surface area contributed by atoms with E-state index in [1.54, 1.807) is 54.6 Å². The first-order valence-electron chi connectivity index (χ1n) is 16.4. The average Bonchev–Trinajstić information content (AvgIpc) is 3.17. The molecule has 0 aromatic heterocycles. The van der Waals surface area contributed by atoms with Gasteiger partial charge in [-0.15, -0.1) is 11.8 Å². The predicted molar refractivity (Wildman–Crippen MR) is 192 cm³/mol. The van der Waals surface area contributed by atoms with E-state index in [1.165, 1.54) is 34.9 Å². The highest BCUT2D eigenvalue weighted by Gasteiger charge is 2.55. The van der Waals surface area contributed by atoms with Gasteiger partial charge < -0.3 is 25.0 Å². The number of rotatable bonds is 11. The number of fused-ring (bicyclic) bond motifs is 1. The lowest BCUT2D eigenvalue weighted by molar-refractivity contribution is -0.157. The van der Waals surface area contributed by atoms with Crippen LogP contribution in [0.1, 0.15) is 33.9 Å². The zero-order valence-electron chi connectivity index (χ0n) is 27.3. The van der Waals surface area contributed by atoms with Gasteiger partial charge in [-0.2, -0.15) is 0 Å². The fourth-order valence-electron chi connectivity index (χ4n) is 6.46. The lowest BCUT2D eigenvalue weighted by atomic mass is 9.84. The zero-order valence-corrected chi connectivity index (χ0v) is 28.1. The van der Waals surface area contributed by atoms with Crippen LogP contribution >= 0.6 is 11.8 Å². The molecule has 0 spiro atoms. The monoisotopic (exact) mass is 698 g/mol. The highest BCUT2D eigenvalue weighted by molar-refractivity contribution is 8.00. The standard InChI is InChI=1S/C41H34N2O7S/c44-32-23-27(24-33(45)25-32)26-49-41(30-17-9-3-10-18-30,31-19-11-4-12-20-31)40(48)42-35-37(46)43-34(21-22-51-38(35)43)39(47)50-36(28-13-5-1-6-14-28)29-15-7-2-8-16-29/h1-21,23-25,35-36,38,44-45H,22,26H2,(H,42,48)/t35?,38-/m0/s1. The van der Waals surface area contributed by atoms with Crippen molar-refractivity contribution in [2.75, 3.05) is 5.75 Å². The van der Waals surface area contributed by atoms with Crippen LogP contribution in [-0.4, -0.2) is 50.1 Å². The van der Waals surface area contributed by atoms with Gasteiger partial charge in [0.1, 0.15) is 28.6 Å². The van der Waals surface area contributed by atoms with Crippen LogP contribution in [0.4, 0.5) is 0 Å². The minimum atomic E-state index is -1.74. The first-order chi connectivity index (χ1) is 24.8. The maximum absolute atomic E-state index is 14.7. The Bertz CT molecular complexity index is 1960. The number of benzene rings is 5. The van der Waals surface area contributed by atoms with Gasteiger partial charge in [0, 0.05) is 11.8 Å². The summed E-state index contributed by atoms with van der Waals surface area (Å²) in [6.45, 7) is -0.162. The minimum absolute atomic E-state index is 0.128. The number of thioether (sulfide) groups is 1. The molecular weight excluding hydrogens is 665 g/mol. The molecule has 0 bridgehead atoms. The van der Waals surface area contributed by atoms with E-state index in [0.29, 0.717) is 22.4 Å². The smallest absolute Gasteiger partial charge is 0.355 e. The van der Waals surface area contributed by atoms with E-state index in [9.17, 15) is 24.6 Å². The van der Waals surface area contributed by atoms with Crippen molar-refractivity contribution in [2.24, 2.45) is 0 Å². The maximum atomic E-state index is 14.7. The van der Waals surface area contributed by atoms with E-state index in [2.05, 4.69) is 5.32 Å². The third-order valence-corrected chi connectivity index (χ3v) is 10.1. The number of β-lactam (4-membered cyclic amide) rings is 1. The molecule has 0 radical (unpaired) electrons. The van der Waals surface area contributed by atoms with E-state index in [0.717, 1.165) is 11.1 Å². The van der Waals surface area contributed by atoms with Crippen LogP contribution in [0.2, 0.25) is 0 Å². The van der Waals surface area contributed by atoms with Gasteiger partial charge in [-0.05, 0) is 46.0 Å². The lowest BCUT2D eigenvalue weighted by Gasteiger charge is -2.49. The topological polar surface area (TPSA) is 125 Å². The summed E-state index contributed by atoms with van der Waals surface area (Å²) in [5, 5.41) is 22.6. The molecule has 2 aliphatic rings. The Morgan fingerprint density at radius 2 is 1.29 bits per heavy atom. The number of phenolic OH excluding ortho intramolecular Hbond substituents is 2. The lowest BCUT2D eigenvalue weighted by Crippen LogP contribution is -2.71. The Labute approximate surface area is 299 Å². The summed E-state index contributed by atoms with van der Waals surface area (Å²) in [5.74, 6) is -1.57. The number of hydrogen-bond acceptors (Lipinski definition) is 8. The van der Waals surface area contributed by atoms with Crippen molar-refractivity contribution >= 4 is 29.5 Å². The van der Waals surface area contributed by atoms with Crippen molar-refractivity contribution in [3.63, 3.8) is 0 Å². The number of hydrogen-bond donors (Lipinski definition) is 3. The summed E-state index contributed by atoms with van der Waals surface area (Å²) >= 11 is 1.43. The fraction of sp³-hybridized carbons (Fsp3) is 0.146. The van der Waals surface area contributed by atoms with Gasteiger partial charge in [0.05, 0.1) is 6.61 Å². The van der Waals surface area contributed by atoms with Crippen LogP contribution in [0, 0.1) is 0 Å². The molecule has 51 heavy (non-hydrogen) atoms. The second-order valence-electron chi connectivity index (χ2n) is 12.1. The second-order valence-corrected chi connectivity index (χ2v) is 13.3. The molecule has 3 N–H and O–H groups in total. The largest absolute Gasteiger partial charge is 0.508 e. The molecular formula is C41H34N2O7S. The number of esters is 1. The highest BCUT2D eigenvalue weighted by Crippen LogP contribution is 2.41. The molecule has 0 aliphatic carbocycles. The summed E-state index contributed by atoms with van der Waals surface area (Å²) in [7, 11) is 0. The number of ether oxygens (including phenoxy) is 2. The number of phenols is 2. The molecule has 0 saturated carbocycles. The SMILES string of the molecule is O=C(OC(c1ccccc1)c1ccccc1)C1=CCS[C@H]2C(NC(=O)C(OCc3cc(O)cc(O)c3)(c3ccccc3)c3ccccc3)C(=O)N12. The average molecular weight is 699 g/mol. The summed E-state index contributed by atoms with van der Waals surface area (Å²) in [5.41, 5.74) is 1.42. The molecule has 2 aliphatic heterocycles. The molecule has 10 heteroatoms. The van der Waals surface area contributed by atoms with E-state index in [-0.39, 0.29) is 23.8 Å². The Balaban J connectivity index is 1.16. The summed E-state index contributed by atoms with van der Waals surface area (Å²) in [6, 6.07) is 39.8. The van der Waals surface area contributed by atoms with Gasteiger partial charge in [0.15, 0.2) is 11.7 Å². The van der Waals surface area contributed by atoms with E-state index in [4.69, 9.17) is 9.47 Å². The number of amides is 2. The van der Waals surface area contributed by atoms with Crippen molar-refractivity contribution in [3.8, 4) is 11.5 Å². The van der Waals surface area contributed by atoms with E-state index >= 15 is 0 Å². The number of aromatic hydroxyl groups is 2. The Kier molecular flexibility index (Phi) is 9.61. The number of carbonyl (C=O) groups is 3. The van der Waals surface area contributed by atoms with Crippen LogP contribution in [0.15, 0.2) is 151 Å². The van der Waals surface area contributed by atoms with Crippen LogP contribution in [-0.2, 0) is 36.1 Å². The summed E-state index contributed by atoms with van der Waals surface area (Å²) in [6.07, 6.45) is 0.988. The molecule has 5 aromatic carbocycles. The third-order valence-electron chi connectivity index (χ3n) is 8.87. The minimum Gasteiger partial charge on any atom is -0.508 e. The molecule has 256 valence electrons. The van der Waals surface area contributed by atoms with E-state index in [1.807, 2.05) is 72.8 Å². The summed E-state index contributed by atoms with van der Waals surface area (Å²) in [4.78, 5) is 43.7. The van der Waals surface area contributed by atoms with Crippen LogP contribution < -0.4 is 5.32 Å². The van der Waals surface area contributed by atoms with Crippen LogP contribution in [0.25, 0.3) is 0 Å². The number of nitrogens with one attached hydrogen (secondary N) is 1. The molecule has 2 heterocycles. The van der Waals surface area contributed by atoms with Gasteiger partial charge in [-0.1, -0.05) is 121 Å². The molecule has 2 atom stereocenters. The van der Waals surface area contributed by atoms with Gasteiger partial charge in [-0.25, -0.2) is 4.79 Å². The first kappa shape index (κ1) is 33.6. The fourth-order valence-corrected chi connectivity index (χ4v) is 7.66. The quantitative estimate of drug-likeness (QED) is 0.111. The van der Waals surface area contributed by atoms with Gasteiger partial charge in [-0.3, -0.25) is 14.5 Å². The van der Waals surface area contributed by atoms with Crippen molar-refractivity contribution in [1.82, 2.24) is 10.2 Å². The van der Waals surface area contributed by atoms with Gasteiger partial charge in [0.25, 0.3) is 11.8 Å². The first-order valence-corrected chi connectivity index (χ1v) is 17.4. The van der Waals surface area contributed by atoms with Crippen molar-refractivity contribution in [2.45, 2.75) is 29.7 Å². The Hall–Kier alpha value is -5.84. The van der Waals surface area contributed by atoms with Crippen molar-refractivity contribution in [1.29, 1.82) is 0 Å². The number of carbonyl (C=O) groups excluding carboxylic acids is 3. The third kappa shape index (κ3) is 6.71. The maximum Gasteiger partial charge on any atom is 0.355 e. The molecule has 7 rings (SSSR count). The highest BCUT2D eigenvalue weighted by atomic mass is 32.2. The molecule has 1 fully saturated rings. The van der Waals surface area contributed by atoms with Crippen LogP contribution in [0.3, 0.4) is 0 Å². The molecule has 5 aromatic rings. The van der Waals surface area contributed by atoms with Crippen molar-refractivity contribution in [3.05, 3.63) is 179 Å². The van der Waals surface area contributed by atoms with Crippen molar-refractivity contribution < 1.29 is 34.1 Å². The second kappa shape index (κ2) is 14.6. The molecule has 2 amide bonds. The molecule has 1 unspecified atom stereocenters. The van der Waals surface area contributed by atoms with Crippen LogP contribution in [0.5, 0.6) is 11.5 Å². The normalized spacial score (nSPS) is 16.8. The van der Waals surface area contributed by atoms with Gasteiger partial charge in [0.2, 0.25) is 0 Å². The number of nitrogens with zero attached hydrogens (tertiary/aromatic N) is 1. The predicted octanol–water partition coefficient (Wildman–Crippen LogP) is 6.17. The van der Waals surface area contributed by atoms with Gasteiger partial charge >= 0.3 is 5.97 Å². The molecule has 1 saturated heterocycles. The zero-order chi connectivity index (χ0) is 35.4. The Morgan fingerprint density at radius 3 is 1.82 bits per heavy atom. The van der Waals surface area contributed by atoms with E-state index < -0.39 is 40.9 Å².